The zero-order valence-corrected chi connectivity index (χ0v) is 13.6. The van der Waals surface area contributed by atoms with Gasteiger partial charge in [0.2, 0.25) is 0 Å². The van der Waals surface area contributed by atoms with E-state index >= 15 is 0 Å². The molecule has 0 aliphatic heterocycles. The summed E-state index contributed by atoms with van der Waals surface area (Å²) in [6.07, 6.45) is 0. The summed E-state index contributed by atoms with van der Waals surface area (Å²) in [5.41, 5.74) is 2.38. The molecule has 0 bridgehead atoms. The van der Waals surface area contributed by atoms with Gasteiger partial charge in [-0.15, -0.1) is 0 Å². The van der Waals surface area contributed by atoms with Crippen LogP contribution in [0.15, 0.2) is 18.2 Å². The van der Waals surface area contributed by atoms with E-state index in [0.717, 1.165) is 30.3 Å². The first kappa shape index (κ1) is 16.3. The minimum atomic E-state index is 0.492. The van der Waals surface area contributed by atoms with Crippen LogP contribution in [0, 0.1) is 5.92 Å². The van der Waals surface area contributed by atoms with Crippen molar-refractivity contribution in [2.45, 2.75) is 47.2 Å². The molecule has 0 amide bonds. The molecule has 2 nitrogen and oxygen atoms in total. The van der Waals surface area contributed by atoms with E-state index in [1.165, 1.54) is 5.56 Å². The van der Waals surface area contributed by atoms with E-state index in [1.54, 1.807) is 0 Å². The molecule has 0 heterocycles. The highest BCUT2D eigenvalue weighted by atomic mass is 35.5. The number of benzene rings is 1. The Hall–Kier alpha value is -0.730. The fourth-order valence-electron chi connectivity index (χ4n) is 2.08. The van der Waals surface area contributed by atoms with E-state index in [2.05, 4.69) is 63.0 Å². The standard InChI is InChI=1S/C16H27ClN2/c1-6-19(11-12(2)3)16-8-7-14(9-15(16)17)10-18-13(4)5/h7-9,12-13,18H,6,10-11H2,1-5H3. The van der Waals surface area contributed by atoms with Gasteiger partial charge in [0, 0.05) is 25.7 Å². The fraction of sp³-hybridized carbons (Fsp3) is 0.625. The molecule has 1 N–H and O–H groups in total. The summed E-state index contributed by atoms with van der Waals surface area (Å²) < 4.78 is 0. The van der Waals surface area contributed by atoms with Gasteiger partial charge in [0.1, 0.15) is 0 Å². The first-order valence-corrected chi connectivity index (χ1v) is 7.58. The van der Waals surface area contributed by atoms with Crippen molar-refractivity contribution < 1.29 is 0 Å². The van der Waals surface area contributed by atoms with Gasteiger partial charge in [-0.1, -0.05) is 45.4 Å². The number of nitrogens with one attached hydrogen (secondary N) is 1. The maximum atomic E-state index is 6.43. The zero-order chi connectivity index (χ0) is 14.4. The molecule has 0 spiro atoms. The fourth-order valence-corrected chi connectivity index (χ4v) is 2.40. The van der Waals surface area contributed by atoms with Gasteiger partial charge in [-0.05, 0) is 30.5 Å². The first-order chi connectivity index (χ1) is 8.93. The van der Waals surface area contributed by atoms with E-state index in [0.29, 0.717) is 12.0 Å². The summed E-state index contributed by atoms with van der Waals surface area (Å²) in [5.74, 6) is 0.637. The van der Waals surface area contributed by atoms with Crippen LogP contribution in [0.2, 0.25) is 5.02 Å². The van der Waals surface area contributed by atoms with Gasteiger partial charge in [-0.2, -0.15) is 0 Å². The van der Waals surface area contributed by atoms with Gasteiger partial charge in [-0.25, -0.2) is 0 Å². The van der Waals surface area contributed by atoms with Gasteiger partial charge >= 0.3 is 0 Å². The number of nitrogens with zero attached hydrogens (tertiary/aromatic N) is 1. The van der Waals surface area contributed by atoms with Crippen molar-refractivity contribution in [2.75, 3.05) is 18.0 Å². The Morgan fingerprint density at radius 3 is 2.37 bits per heavy atom. The van der Waals surface area contributed by atoms with Crippen LogP contribution in [-0.4, -0.2) is 19.1 Å². The van der Waals surface area contributed by atoms with Gasteiger partial charge in [0.15, 0.2) is 0 Å². The molecule has 19 heavy (non-hydrogen) atoms. The van der Waals surface area contributed by atoms with Crippen LogP contribution in [-0.2, 0) is 6.54 Å². The highest BCUT2D eigenvalue weighted by Crippen LogP contribution is 2.27. The smallest absolute Gasteiger partial charge is 0.0642 e. The number of rotatable bonds is 7. The molecule has 1 rings (SSSR count). The van der Waals surface area contributed by atoms with E-state index in [4.69, 9.17) is 11.6 Å². The van der Waals surface area contributed by atoms with Crippen LogP contribution in [0.25, 0.3) is 0 Å². The number of hydrogen-bond acceptors (Lipinski definition) is 2. The Morgan fingerprint density at radius 2 is 1.89 bits per heavy atom. The van der Waals surface area contributed by atoms with Crippen LogP contribution in [0.3, 0.4) is 0 Å². The third kappa shape index (κ3) is 5.42. The van der Waals surface area contributed by atoms with Crippen molar-refractivity contribution >= 4 is 17.3 Å². The predicted molar refractivity (Wildman–Crippen MR) is 86.2 cm³/mol. The van der Waals surface area contributed by atoms with Crippen LogP contribution in [0.5, 0.6) is 0 Å². The highest BCUT2D eigenvalue weighted by Gasteiger charge is 2.10. The molecule has 0 radical (unpaired) electrons. The molecular formula is C16H27ClN2. The van der Waals surface area contributed by atoms with Crippen molar-refractivity contribution in [3.63, 3.8) is 0 Å². The van der Waals surface area contributed by atoms with Gasteiger partial charge in [-0.3, -0.25) is 0 Å². The third-order valence-electron chi connectivity index (χ3n) is 3.03. The third-order valence-corrected chi connectivity index (χ3v) is 3.34. The molecule has 0 unspecified atom stereocenters. The molecule has 0 atom stereocenters. The van der Waals surface area contributed by atoms with E-state index in [1.807, 2.05) is 0 Å². The van der Waals surface area contributed by atoms with Crippen LogP contribution in [0.4, 0.5) is 5.69 Å². The van der Waals surface area contributed by atoms with Crippen molar-refractivity contribution in [1.82, 2.24) is 5.32 Å². The second kappa shape index (κ2) is 7.76. The summed E-state index contributed by atoms with van der Waals surface area (Å²) >= 11 is 6.43. The molecule has 1 aromatic rings. The molecular weight excluding hydrogens is 256 g/mol. The molecule has 0 aliphatic carbocycles. The van der Waals surface area contributed by atoms with Gasteiger partial charge in [0.05, 0.1) is 10.7 Å². The Morgan fingerprint density at radius 1 is 1.21 bits per heavy atom. The minimum Gasteiger partial charge on any atom is -0.370 e. The number of anilines is 1. The lowest BCUT2D eigenvalue weighted by atomic mass is 10.1. The summed E-state index contributed by atoms with van der Waals surface area (Å²) in [5, 5.41) is 4.26. The highest BCUT2D eigenvalue weighted by molar-refractivity contribution is 6.33. The van der Waals surface area contributed by atoms with Crippen LogP contribution >= 0.6 is 11.6 Å². The maximum absolute atomic E-state index is 6.43. The lowest BCUT2D eigenvalue weighted by molar-refractivity contribution is 0.588. The Labute approximate surface area is 123 Å². The molecule has 0 saturated carbocycles. The lowest BCUT2D eigenvalue weighted by Crippen LogP contribution is -2.27. The average Bonchev–Trinajstić information content (AvgIpc) is 2.33. The Balaban J connectivity index is 2.80. The van der Waals surface area contributed by atoms with Crippen molar-refractivity contribution in [3.8, 4) is 0 Å². The number of halogens is 1. The van der Waals surface area contributed by atoms with Crippen LogP contribution < -0.4 is 10.2 Å². The maximum Gasteiger partial charge on any atom is 0.0642 e. The molecule has 0 fully saturated rings. The largest absolute Gasteiger partial charge is 0.370 e. The molecule has 108 valence electrons. The molecule has 3 heteroatoms. The Bertz CT molecular complexity index is 388. The predicted octanol–water partition coefficient (Wildman–Crippen LogP) is 4.32. The van der Waals surface area contributed by atoms with Crippen LogP contribution in [0.1, 0.15) is 40.2 Å². The monoisotopic (exact) mass is 282 g/mol. The van der Waals surface area contributed by atoms with Gasteiger partial charge < -0.3 is 10.2 Å². The second-order valence-corrected chi connectivity index (χ2v) is 6.16. The van der Waals surface area contributed by atoms with E-state index in [9.17, 15) is 0 Å². The molecule has 0 aromatic heterocycles. The summed E-state index contributed by atoms with van der Waals surface area (Å²) in [6, 6.07) is 6.88. The first-order valence-electron chi connectivity index (χ1n) is 7.20. The van der Waals surface area contributed by atoms with E-state index in [-0.39, 0.29) is 0 Å². The van der Waals surface area contributed by atoms with Crippen molar-refractivity contribution in [2.24, 2.45) is 5.92 Å². The molecule has 0 aliphatic rings. The molecule has 0 saturated heterocycles. The summed E-state index contributed by atoms with van der Waals surface area (Å²) in [7, 11) is 0. The normalized spacial score (nSPS) is 11.4. The summed E-state index contributed by atoms with van der Waals surface area (Å²) in [6.45, 7) is 13.8. The second-order valence-electron chi connectivity index (χ2n) is 5.75. The molecule has 1 aromatic carbocycles. The topological polar surface area (TPSA) is 15.3 Å². The quantitative estimate of drug-likeness (QED) is 0.801. The SMILES string of the molecule is CCN(CC(C)C)c1ccc(CNC(C)C)cc1Cl. The van der Waals surface area contributed by atoms with Crippen molar-refractivity contribution in [3.05, 3.63) is 28.8 Å². The van der Waals surface area contributed by atoms with Crippen molar-refractivity contribution in [1.29, 1.82) is 0 Å². The average molecular weight is 283 g/mol. The lowest BCUT2D eigenvalue weighted by Gasteiger charge is -2.26. The summed E-state index contributed by atoms with van der Waals surface area (Å²) in [4.78, 5) is 2.34. The van der Waals surface area contributed by atoms with E-state index < -0.39 is 0 Å². The van der Waals surface area contributed by atoms with Gasteiger partial charge in [0.25, 0.3) is 0 Å². The zero-order valence-electron chi connectivity index (χ0n) is 12.8. The Kier molecular flexibility index (Phi) is 6.67. The minimum absolute atomic E-state index is 0.492. The number of hydrogen-bond donors (Lipinski definition) is 1.